The van der Waals surface area contributed by atoms with E-state index in [1.54, 1.807) is 0 Å². The number of nitrogens with zero attached hydrogens (tertiary/aromatic N) is 1. The normalized spacial score (nSPS) is 19.2. The van der Waals surface area contributed by atoms with E-state index >= 15 is 0 Å². The molecule has 0 fully saturated rings. The Labute approximate surface area is 223 Å². The number of Topliss-reactive ketones (excluding diaryl/α,β-unsaturated/α-hetero) is 1. The zero-order chi connectivity index (χ0) is 25.6. The quantitative estimate of drug-likeness (QED) is 0.359. The molecule has 0 bridgehead atoms. The van der Waals surface area contributed by atoms with Gasteiger partial charge in [0, 0.05) is 39.4 Å². The summed E-state index contributed by atoms with van der Waals surface area (Å²) in [5, 5.41) is 6.94. The van der Waals surface area contributed by atoms with Crippen molar-refractivity contribution < 1.29 is 14.3 Å². The number of allylic oxidation sites excluding steroid dienone is 3. The number of nitrogens with one attached hydrogen (secondary N) is 2. The van der Waals surface area contributed by atoms with E-state index in [9.17, 15) is 9.59 Å². The van der Waals surface area contributed by atoms with Crippen molar-refractivity contribution in [2.75, 3.05) is 11.9 Å². The van der Waals surface area contributed by atoms with Crippen LogP contribution < -0.4 is 15.4 Å². The van der Waals surface area contributed by atoms with Crippen LogP contribution >= 0.6 is 27.3 Å². The lowest BCUT2D eigenvalue weighted by molar-refractivity contribution is -0.118. The van der Waals surface area contributed by atoms with Crippen LogP contribution in [0.5, 0.6) is 5.75 Å². The third-order valence-corrected chi connectivity index (χ3v) is 8.01. The van der Waals surface area contributed by atoms with Crippen LogP contribution in [0.15, 0.2) is 69.5 Å². The van der Waals surface area contributed by atoms with Gasteiger partial charge in [-0.3, -0.25) is 14.9 Å². The summed E-state index contributed by atoms with van der Waals surface area (Å²) in [6.07, 6.45) is 1.20. The van der Waals surface area contributed by atoms with Crippen molar-refractivity contribution in [2.24, 2.45) is 5.41 Å². The molecule has 2 heterocycles. The van der Waals surface area contributed by atoms with E-state index in [1.165, 1.54) is 11.3 Å². The summed E-state index contributed by atoms with van der Waals surface area (Å²) in [6.45, 7) is 8.63. The van der Waals surface area contributed by atoms with Crippen LogP contribution in [0.1, 0.15) is 52.0 Å². The average molecular weight is 567 g/mol. The number of fused-ring (bicyclic) bond motifs is 1. The van der Waals surface area contributed by atoms with Crippen LogP contribution in [0.4, 0.5) is 5.13 Å². The number of hydrogen-bond acceptors (Lipinski definition) is 6. The van der Waals surface area contributed by atoms with Crippen molar-refractivity contribution in [2.45, 2.75) is 46.5 Å². The fraction of sp³-hybridized carbons (Fsp3) is 0.321. The molecule has 36 heavy (non-hydrogen) atoms. The monoisotopic (exact) mass is 565 g/mol. The van der Waals surface area contributed by atoms with Gasteiger partial charge in [0.15, 0.2) is 10.9 Å². The molecule has 1 aromatic heterocycles. The molecule has 186 valence electrons. The van der Waals surface area contributed by atoms with E-state index in [0.717, 1.165) is 43.8 Å². The lowest BCUT2D eigenvalue weighted by Gasteiger charge is -2.39. The maximum absolute atomic E-state index is 13.8. The summed E-state index contributed by atoms with van der Waals surface area (Å²) in [6, 6.07) is 13.5. The highest BCUT2D eigenvalue weighted by atomic mass is 79.9. The van der Waals surface area contributed by atoms with E-state index in [1.807, 2.05) is 56.3 Å². The number of hydrogen-bond donors (Lipinski definition) is 2. The highest BCUT2D eigenvalue weighted by molar-refractivity contribution is 9.10. The second-order valence-electron chi connectivity index (χ2n) is 10.0. The molecule has 0 saturated heterocycles. The largest absolute Gasteiger partial charge is 0.494 e. The first kappa shape index (κ1) is 24.7. The molecule has 8 heteroatoms. The minimum Gasteiger partial charge on any atom is -0.494 e. The fourth-order valence-corrected chi connectivity index (χ4v) is 6.52. The molecule has 1 amide bonds. The molecule has 0 radical (unpaired) electrons. The summed E-state index contributed by atoms with van der Waals surface area (Å²) in [7, 11) is 0. The number of amides is 1. The van der Waals surface area contributed by atoms with Crippen LogP contribution in [-0.2, 0) is 9.59 Å². The molecule has 2 aromatic carbocycles. The van der Waals surface area contributed by atoms with Crippen LogP contribution in [0.3, 0.4) is 0 Å². The number of ether oxygens (including phenoxy) is 1. The summed E-state index contributed by atoms with van der Waals surface area (Å²) < 4.78 is 7.56. The first-order valence-electron chi connectivity index (χ1n) is 12.0. The highest BCUT2D eigenvalue weighted by Gasteiger charge is 2.42. The maximum Gasteiger partial charge on any atom is 0.256 e. The lowest BCUT2D eigenvalue weighted by Crippen LogP contribution is -2.39. The molecule has 2 aliphatic rings. The molecule has 2 N–H and O–H groups in total. The number of carbonyl (C=O) groups is 2. The van der Waals surface area contributed by atoms with Crippen molar-refractivity contribution in [3.8, 4) is 5.75 Å². The van der Waals surface area contributed by atoms with Crippen molar-refractivity contribution in [3.05, 3.63) is 75.0 Å². The first-order chi connectivity index (χ1) is 17.1. The van der Waals surface area contributed by atoms with Crippen LogP contribution in [-0.4, -0.2) is 23.3 Å². The first-order valence-corrected chi connectivity index (χ1v) is 13.6. The Morgan fingerprint density at radius 3 is 2.69 bits per heavy atom. The Kier molecular flexibility index (Phi) is 6.51. The molecule has 0 unspecified atom stereocenters. The number of thiazole rings is 1. The molecule has 0 saturated carbocycles. The zero-order valence-corrected chi connectivity index (χ0v) is 23.1. The number of aromatic nitrogens is 1. The van der Waals surface area contributed by atoms with Gasteiger partial charge in [-0.25, -0.2) is 4.98 Å². The van der Waals surface area contributed by atoms with Crippen LogP contribution in [0, 0.1) is 5.41 Å². The minimum atomic E-state index is -0.468. The Morgan fingerprint density at radius 1 is 1.22 bits per heavy atom. The van der Waals surface area contributed by atoms with Gasteiger partial charge in [-0.2, -0.15) is 0 Å². The number of ketones is 1. The van der Waals surface area contributed by atoms with E-state index in [4.69, 9.17) is 4.74 Å². The number of dihydropyridines is 1. The van der Waals surface area contributed by atoms with Gasteiger partial charge < -0.3 is 10.1 Å². The SMILES string of the molecule is CCOc1ccc([C@@H]2C(C(=O)Nc3nc4ccc(Br)cc4s3)=C(C)NC3=C2C(=O)CC(C)(C)C3)cc1. The van der Waals surface area contributed by atoms with Crippen LogP contribution in [0.25, 0.3) is 10.2 Å². The third-order valence-electron chi connectivity index (χ3n) is 6.58. The second-order valence-corrected chi connectivity index (χ2v) is 12.0. The van der Waals surface area contributed by atoms with Crippen molar-refractivity contribution >= 4 is 54.3 Å². The van der Waals surface area contributed by atoms with Gasteiger partial charge in [-0.1, -0.05) is 53.2 Å². The second kappa shape index (κ2) is 9.48. The Bertz CT molecular complexity index is 1440. The summed E-state index contributed by atoms with van der Waals surface area (Å²) >= 11 is 4.91. The molecular weight excluding hydrogens is 538 g/mol. The van der Waals surface area contributed by atoms with Crippen molar-refractivity contribution in [1.82, 2.24) is 10.3 Å². The Hall–Kier alpha value is -2.97. The Balaban J connectivity index is 1.55. The van der Waals surface area contributed by atoms with E-state index in [2.05, 4.69) is 45.4 Å². The molecule has 6 nitrogen and oxygen atoms in total. The Morgan fingerprint density at radius 2 is 1.97 bits per heavy atom. The number of carbonyl (C=O) groups excluding carboxylic acids is 2. The fourth-order valence-electron chi connectivity index (χ4n) is 5.11. The molecule has 3 aromatic rings. The molecule has 1 aliphatic heterocycles. The number of benzene rings is 2. The third kappa shape index (κ3) is 4.72. The van der Waals surface area contributed by atoms with Gasteiger partial charge in [0.2, 0.25) is 0 Å². The standard InChI is InChI=1S/C28H28BrN3O3S/c1-5-35-18-9-6-16(7-10-18)24-23(15(2)30-20-13-28(3,4)14-21(33)25(20)24)26(34)32-27-31-19-11-8-17(29)12-22(19)36-27/h6-12,24,30H,5,13-14H2,1-4H3,(H,31,32,34)/t24-/m1/s1. The predicted molar refractivity (Wildman–Crippen MR) is 147 cm³/mol. The van der Waals surface area contributed by atoms with Crippen LogP contribution in [0.2, 0.25) is 0 Å². The van der Waals surface area contributed by atoms with Gasteiger partial charge in [0.25, 0.3) is 5.91 Å². The van der Waals surface area contributed by atoms with E-state index < -0.39 is 5.92 Å². The highest BCUT2D eigenvalue weighted by Crippen LogP contribution is 2.47. The van der Waals surface area contributed by atoms with Gasteiger partial charge in [0.1, 0.15) is 5.75 Å². The molecule has 0 spiro atoms. The van der Waals surface area contributed by atoms with E-state index in [0.29, 0.717) is 29.3 Å². The van der Waals surface area contributed by atoms with Gasteiger partial charge in [-0.15, -0.1) is 0 Å². The van der Waals surface area contributed by atoms with Gasteiger partial charge >= 0.3 is 0 Å². The summed E-state index contributed by atoms with van der Waals surface area (Å²) in [5.74, 6) is 0.105. The van der Waals surface area contributed by atoms with Gasteiger partial charge in [-0.05, 0) is 61.6 Å². The number of anilines is 1. The molecular formula is C28H28BrN3O3S. The minimum absolute atomic E-state index is 0.0790. The zero-order valence-electron chi connectivity index (χ0n) is 20.7. The molecule has 1 aliphatic carbocycles. The lowest BCUT2D eigenvalue weighted by atomic mass is 9.68. The molecule has 5 rings (SSSR count). The predicted octanol–water partition coefficient (Wildman–Crippen LogP) is 6.70. The van der Waals surface area contributed by atoms with Crippen molar-refractivity contribution in [3.63, 3.8) is 0 Å². The summed E-state index contributed by atoms with van der Waals surface area (Å²) in [4.78, 5) is 31.8. The average Bonchev–Trinajstić information content (AvgIpc) is 3.19. The number of rotatable bonds is 5. The van der Waals surface area contributed by atoms with Gasteiger partial charge in [0.05, 0.1) is 16.8 Å². The smallest absolute Gasteiger partial charge is 0.256 e. The van der Waals surface area contributed by atoms with Crippen molar-refractivity contribution in [1.29, 1.82) is 0 Å². The molecule has 1 atom stereocenters. The maximum atomic E-state index is 13.8. The summed E-state index contributed by atoms with van der Waals surface area (Å²) in [5.41, 5.74) is 4.45. The van der Waals surface area contributed by atoms with E-state index in [-0.39, 0.29) is 17.1 Å². The topological polar surface area (TPSA) is 80.3 Å². The number of halogens is 1.